The Hall–Kier alpha value is -4.05. The number of benzene rings is 2. The second-order valence-corrected chi connectivity index (χ2v) is 5.43. The topological polar surface area (TPSA) is 89.0 Å². The summed E-state index contributed by atoms with van der Waals surface area (Å²) in [5, 5.41) is 20.8. The molecule has 0 aliphatic heterocycles. The number of hydrogen-bond donors (Lipinski definition) is 0. The van der Waals surface area contributed by atoms with E-state index in [2.05, 4.69) is 4.98 Å². The molecule has 1 heterocycles. The Morgan fingerprint density at radius 2 is 1.96 bits per heavy atom. The van der Waals surface area contributed by atoms with E-state index >= 15 is 0 Å². The molecule has 0 fully saturated rings. The Labute approximate surface area is 153 Å². The number of nitro groups is 1. The number of pyridine rings is 1. The van der Waals surface area contributed by atoms with Gasteiger partial charge < -0.3 is 4.74 Å². The molecular weight excluding hydrogens is 349 g/mol. The van der Waals surface area contributed by atoms with E-state index < -0.39 is 10.7 Å². The summed E-state index contributed by atoms with van der Waals surface area (Å²) in [7, 11) is 0. The number of halogens is 1. The molecule has 3 rings (SSSR count). The number of aromatic nitrogens is 1. The first-order chi connectivity index (χ1) is 13.1. The van der Waals surface area contributed by atoms with Gasteiger partial charge in [0.2, 0.25) is 5.75 Å². The summed E-state index contributed by atoms with van der Waals surface area (Å²) < 4.78 is 18.5. The Kier molecular flexibility index (Phi) is 5.19. The molecule has 0 unspecified atom stereocenters. The third kappa shape index (κ3) is 4.32. The maximum Gasteiger partial charge on any atom is 0.312 e. The summed E-state index contributed by atoms with van der Waals surface area (Å²) in [6, 6.07) is 16.7. The fourth-order valence-corrected chi connectivity index (χ4v) is 2.34. The molecule has 0 atom stereocenters. The van der Waals surface area contributed by atoms with Crippen LogP contribution in [0.15, 0.2) is 66.9 Å². The number of nitrogens with zero attached hydrogens (tertiary/aromatic N) is 3. The van der Waals surface area contributed by atoms with Crippen molar-refractivity contribution < 1.29 is 14.1 Å². The van der Waals surface area contributed by atoms with Crippen molar-refractivity contribution in [2.24, 2.45) is 0 Å². The van der Waals surface area contributed by atoms with E-state index in [4.69, 9.17) is 4.74 Å². The van der Waals surface area contributed by atoms with Gasteiger partial charge in [0.05, 0.1) is 16.2 Å². The maximum absolute atomic E-state index is 13.0. The Morgan fingerprint density at radius 3 is 2.59 bits per heavy atom. The zero-order valence-corrected chi connectivity index (χ0v) is 13.9. The van der Waals surface area contributed by atoms with Crippen LogP contribution < -0.4 is 4.74 Å². The number of nitro benzene ring substituents is 1. The van der Waals surface area contributed by atoms with Crippen molar-refractivity contribution >= 4 is 17.3 Å². The summed E-state index contributed by atoms with van der Waals surface area (Å²) >= 11 is 0. The van der Waals surface area contributed by atoms with Crippen molar-refractivity contribution in [3.05, 3.63) is 94.0 Å². The Balaban J connectivity index is 1.96. The van der Waals surface area contributed by atoms with Crippen molar-refractivity contribution in [1.29, 1.82) is 5.26 Å². The SMILES string of the molecule is N#C/C(=C\c1ccc(Oc2ccc(F)cc2)c([N+](=O)[O-])c1)c1ccccn1. The zero-order valence-electron chi connectivity index (χ0n) is 13.9. The predicted molar refractivity (Wildman–Crippen MR) is 97.3 cm³/mol. The highest BCUT2D eigenvalue weighted by molar-refractivity contribution is 5.88. The lowest BCUT2D eigenvalue weighted by Gasteiger charge is -2.07. The lowest BCUT2D eigenvalue weighted by atomic mass is 10.1. The van der Waals surface area contributed by atoms with Crippen molar-refractivity contribution in [2.75, 3.05) is 0 Å². The van der Waals surface area contributed by atoms with Gasteiger partial charge in [0.25, 0.3) is 0 Å². The smallest absolute Gasteiger partial charge is 0.312 e. The van der Waals surface area contributed by atoms with Crippen LogP contribution in [-0.2, 0) is 0 Å². The largest absolute Gasteiger partial charge is 0.450 e. The van der Waals surface area contributed by atoms with E-state index in [0.29, 0.717) is 11.3 Å². The van der Waals surface area contributed by atoms with Gasteiger partial charge in [-0.3, -0.25) is 15.1 Å². The Bertz CT molecular complexity index is 1040. The molecule has 0 saturated carbocycles. The molecule has 2 aromatic carbocycles. The summed E-state index contributed by atoms with van der Waals surface area (Å²) in [5.41, 5.74) is 0.924. The lowest BCUT2D eigenvalue weighted by Crippen LogP contribution is -1.94. The molecule has 0 saturated heterocycles. The normalized spacial score (nSPS) is 10.9. The lowest BCUT2D eigenvalue weighted by molar-refractivity contribution is -0.385. The maximum atomic E-state index is 13.0. The Morgan fingerprint density at radius 1 is 1.19 bits per heavy atom. The highest BCUT2D eigenvalue weighted by Gasteiger charge is 2.17. The number of rotatable bonds is 5. The summed E-state index contributed by atoms with van der Waals surface area (Å²) in [4.78, 5) is 14.9. The van der Waals surface area contributed by atoms with E-state index in [-0.39, 0.29) is 22.8 Å². The van der Waals surface area contributed by atoms with Gasteiger partial charge in [0.1, 0.15) is 17.6 Å². The van der Waals surface area contributed by atoms with Gasteiger partial charge in [0, 0.05) is 12.3 Å². The van der Waals surface area contributed by atoms with Crippen LogP contribution in [0.5, 0.6) is 11.5 Å². The third-order valence-corrected chi connectivity index (χ3v) is 3.59. The number of nitriles is 1. The number of hydrogen-bond acceptors (Lipinski definition) is 5. The van der Waals surface area contributed by atoms with E-state index in [1.54, 1.807) is 30.5 Å². The average Bonchev–Trinajstić information content (AvgIpc) is 2.69. The minimum atomic E-state index is -0.580. The van der Waals surface area contributed by atoms with Gasteiger partial charge in [0.15, 0.2) is 0 Å². The van der Waals surface area contributed by atoms with Crippen molar-refractivity contribution in [3.8, 4) is 17.6 Å². The zero-order chi connectivity index (χ0) is 19.2. The molecule has 0 N–H and O–H groups in total. The molecule has 7 heteroatoms. The molecule has 0 radical (unpaired) electrons. The third-order valence-electron chi connectivity index (χ3n) is 3.59. The van der Waals surface area contributed by atoms with E-state index in [1.807, 2.05) is 6.07 Å². The van der Waals surface area contributed by atoms with Gasteiger partial charge in [-0.1, -0.05) is 12.1 Å². The highest BCUT2D eigenvalue weighted by atomic mass is 19.1. The molecule has 27 heavy (non-hydrogen) atoms. The van der Waals surface area contributed by atoms with Crippen LogP contribution in [-0.4, -0.2) is 9.91 Å². The van der Waals surface area contributed by atoms with E-state index in [0.717, 1.165) is 0 Å². The van der Waals surface area contributed by atoms with Crippen molar-refractivity contribution in [1.82, 2.24) is 4.98 Å². The van der Waals surface area contributed by atoms with Crippen LogP contribution in [0.1, 0.15) is 11.3 Å². The quantitative estimate of drug-likeness (QED) is 0.363. The van der Waals surface area contributed by atoms with Crippen LogP contribution in [0.4, 0.5) is 10.1 Å². The predicted octanol–water partition coefficient (Wildman–Crippen LogP) is 4.99. The summed E-state index contributed by atoms with van der Waals surface area (Å²) in [5.74, 6) is -0.148. The fraction of sp³-hybridized carbons (Fsp3) is 0. The van der Waals surface area contributed by atoms with Crippen LogP contribution in [0, 0.1) is 27.3 Å². The summed E-state index contributed by atoms with van der Waals surface area (Å²) in [6.07, 6.45) is 3.07. The van der Waals surface area contributed by atoms with Crippen LogP contribution in [0.3, 0.4) is 0 Å². The van der Waals surface area contributed by atoms with Gasteiger partial charge >= 0.3 is 5.69 Å². The first kappa shape index (κ1) is 17.8. The van der Waals surface area contributed by atoms with Gasteiger partial charge in [-0.05, 0) is 54.1 Å². The summed E-state index contributed by atoms with van der Waals surface area (Å²) in [6.45, 7) is 0. The highest BCUT2D eigenvalue weighted by Crippen LogP contribution is 2.33. The minimum absolute atomic E-state index is 0.0140. The monoisotopic (exact) mass is 361 g/mol. The second-order valence-electron chi connectivity index (χ2n) is 5.43. The first-order valence-electron chi connectivity index (χ1n) is 7.82. The molecule has 0 amide bonds. The van der Waals surface area contributed by atoms with E-state index in [1.165, 1.54) is 42.5 Å². The first-order valence-corrected chi connectivity index (χ1v) is 7.82. The molecule has 132 valence electrons. The fourth-order valence-electron chi connectivity index (χ4n) is 2.34. The number of ether oxygens (including phenoxy) is 1. The van der Waals surface area contributed by atoms with Crippen molar-refractivity contribution in [2.45, 2.75) is 0 Å². The molecule has 0 aliphatic carbocycles. The molecule has 6 nitrogen and oxygen atoms in total. The van der Waals surface area contributed by atoms with Crippen LogP contribution >= 0.6 is 0 Å². The van der Waals surface area contributed by atoms with Gasteiger partial charge in [-0.15, -0.1) is 0 Å². The molecule has 3 aromatic rings. The molecule has 0 aliphatic rings. The van der Waals surface area contributed by atoms with Crippen LogP contribution in [0.25, 0.3) is 11.6 Å². The van der Waals surface area contributed by atoms with Gasteiger partial charge in [-0.2, -0.15) is 5.26 Å². The molecule has 0 bridgehead atoms. The minimum Gasteiger partial charge on any atom is -0.450 e. The average molecular weight is 361 g/mol. The van der Waals surface area contributed by atoms with Gasteiger partial charge in [-0.25, -0.2) is 4.39 Å². The molecule has 1 aromatic heterocycles. The number of allylic oxidation sites excluding steroid dienone is 1. The standard InChI is InChI=1S/C20H12FN3O3/c21-16-5-7-17(8-6-16)27-20-9-4-14(12-19(20)24(25)26)11-15(13-22)18-3-1-2-10-23-18/h1-12H/b15-11+. The molecular formula is C20H12FN3O3. The van der Waals surface area contributed by atoms with Crippen LogP contribution in [0.2, 0.25) is 0 Å². The van der Waals surface area contributed by atoms with E-state index in [9.17, 15) is 19.8 Å². The molecule has 0 spiro atoms. The van der Waals surface area contributed by atoms with Crippen molar-refractivity contribution in [3.63, 3.8) is 0 Å². The second kappa shape index (κ2) is 7.89.